The molecule has 1 N–H and O–H groups in total. The first-order valence-corrected chi connectivity index (χ1v) is 12.8. The molecule has 6 nitrogen and oxygen atoms in total. The summed E-state index contributed by atoms with van der Waals surface area (Å²) in [5.74, 6) is 2.42. The summed E-state index contributed by atoms with van der Waals surface area (Å²) in [4.78, 5) is 25.8. The Labute approximate surface area is 226 Å². The zero-order chi connectivity index (χ0) is 24.4. The number of hydrogen-bond donors (Lipinski definition) is 1. The second-order valence-corrected chi connectivity index (χ2v) is 9.46. The molecule has 0 spiro atoms. The molecule has 0 radical (unpaired) electrons. The molecule has 1 atom stereocenters. The molecule has 1 aromatic heterocycles. The first-order valence-electron chi connectivity index (χ1n) is 12.4. The number of nitrogens with zero attached hydrogens (tertiary/aromatic N) is 2. The van der Waals surface area contributed by atoms with Gasteiger partial charge in [-0.1, -0.05) is 23.7 Å². The van der Waals surface area contributed by atoms with Gasteiger partial charge in [-0.3, -0.25) is 9.79 Å². The molecule has 0 saturated carbocycles. The fourth-order valence-electron chi connectivity index (χ4n) is 5.10. The Bertz CT molecular complexity index is 1320. The molecule has 0 saturated heterocycles. The Kier molecular flexibility index (Phi) is 8.52. The van der Waals surface area contributed by atoms with Crippen LogP contribution in [0.4, 0.5) is 0 Å². The summed E-state index contributed by atoms with van der Waals surface area (Å²) in [6, 6.07) is 11.8. The Morgan fingerprint density at radius 3 is 2.50 bits per heavy atom. The lowest BCUT2D eigenvalue weighted by Gasteiger charge is -2.29. The minimum atomic E-state index is -0.0398. The molecule has 0 fully saturated rings. The lowest BCUT2D eigenvalue weighted by atomic mass is 9.79. The Balaban J connectivity index is 0.00000304. The van der Waals surface area contributed by atoms with Crippen molar-refractivity contribution in [3.8, 4) is 11.5 Å². The van der Waals surface area contributed by atoms with Gasteiger partial charge in [0.05, 0.1) is 18.9 Å². The maximum Gasteiger partial charge on any atom is 0.254 e. The van der Waals surface area contributed by atoms with Crippen LogP contribution in [-0.4, -0.2) is 35.4 Å². The van der Waals surface area contributed by atoms with Crippen molar-refractivity contribution >= 4 is 34.3 Å². The zero-order valence-electron chi connectivity index (χ0n) is 20.6. The third kappa shape index (κ3) is 5.52. The van der Waals surface area contributed by atoms with E-state index in [0.29, 0.717) is 36.9 Å². The molecule has 0 bridgehead atoms. The van der Waals surface area contributed by atoms with E-state index in [2.05, 4.69) is 17.1 Å². The van der Waals surface area contributed by atoms with E-state index in [9.17, 15) is 4.79 Å². The van der Waals surface area contributed by atoms with Gasteiger partial charge in [0.15, 0.2) is 11.5 Å². The number of aliphatic imine (C=N–C) groups is 1. The molecule has 2 aliphatic rings. The standard InChI is InChI=1S/C28H30ClN3O3.BrH/c1-3-34-24-15-18-11-12-30-27(21(18)16-25(24)35-4-2)19-7-10-23-22(14-19)28(33)32-26(31-23)13-17-5-8-20(29)9-6-17;/h5-6,8-9,15-16,19H,3-4,7,10-14H2,1-2H3,(H,31,32,33);1H. The van der Waals surface area contributed by atoms with E-state index < -0.39 is 0 Å². The third-order valence-electron chi connectivity index (χ3n) is 6.71. The van der Waals surface area contributed by atoms with Crippen LogP contribution in [0.15, 0.2) is 46.2 Å². The van der Waals surface area contributed by atoms with Gasteiger partial charge in [-0.05, 0) is 74.9 Å². The number of benzene rings is 2. The van der Waals surface area contributed by atoms with Crippen molar-refractivity contribution in [1.29, 1.82) is 0 Å². The highest BCUT2D eigenvalue weighted by molar-refractivity contribution is 8.93. The molecule has 5 rings (SSSR count). The van der Waals surface area contributed by atoms with Crippen LogP contribution in [0, 0.1) is 5.92 Å². The average molecular weight is 573 g/mol. The smallest absolute Gasteiger partial charge is 0.254 e. The van der Waals surface area contributed by atoms with E-state index in [1.165, 1.54) is 5.56 Å². The number of ether oxygens (including phenoxy) is 2. The highest BCUT2D eigenvalue weighted by Crippen LogP contribution is 2.36. The van der Waals surface area contributed by atoms with Crippen molar-refractivity contribution in [2.75, 3.05) is 19.8 Å². The second-order valence-electron chi connectivity index (χ2n) is 9.02. The van der Waals surface area contributed by atoms with Gasteiger partial charge in [-0.2, -0.15) is 0 Å². The fraction of sp³-hybridized carbons (Fsp3) is 0.393. The number of hydrogen-bond acceptors (Lipinski definition) is 5. The van der Waals surface area contributed by atoms with E-state index in [4.69, 9.17) is 31.1 Å². The number of nitrogens with one attached hydrogen (secondary N) is 1. The van der Waals surface area contributed by atoms with Gasteiger partial charge in [0.1, 0.15) is 5.82 Å². The van der Waals surface area contributed by atoms with Crippen molar-refractivity contribution in [3.05, 3.63) is 85.5 Å². The summed E-state index contributed by atoms with van der Waals surface area (Å²) in [7, 11) is 0. The van der Waals surface area contributed by atoms with Gasteiger partial charge in [0, 0.05) is 40.7 Å². The Morgan fingerprint density at radius 1 is 1.06 bits per heavy atom. The third-order valence-corrected chi connectivity index (χ3v) is 6.96. The van der Waals surface area contributed by atoms with Crippen LogP contribution >= 0.6 is 28.6 Å². The Morgan fingerprint density at radius 2 is 1.78 bits per heavy atom. The van der Waals surface area contributed by atoms with Crippen LogP contribution in [0.1, 0.15) is 54.0 Å². The lowest BCUT2D eigenvalue weighted by Crippen LogP contribution is -2.32. The number of halogens is 2. The molecule has 1 aliphatic heterocycles. The van der Waals surface area contributed by atoms with Crippen molar-refractivity contribution in [2.45, 2.75) is 46.0 Å². The number of H-pyrrole nitrogens is 1. The number of rotatable bonds is 7. The van der Waals surface area contributed by atoms with Crippen molar-refractivity contribution in [2.24, 2.45) is 10.9 Å². The van der Waals surface area contributed by atoms with Crippen molar-refractivity contribution < 1.29 is 9.47 Å². The highest BCUT2D eigenvalue weighted by Gasteiger charge is 2.30. The molecule has 1 unspecified atom stereocenters. The van der Waals surface area contributed by atoms with Crippen LogP contribution in [0.5, 0.6) is 11.5 Å². The van der Waals surface area contributed by atoms with Crippen molar-refractivity contribution in [3.63, 3.8) is 0 Å². The molecule has 0 amide bonds. The minimum Gasteiger partial charge on any atom is -0.490 e. The molecule has 8 heteroatoms. The molecule has 190 valence electrons. The van der Waals surface area contributed by atoms with Crippen LogP contribution in [0.25, 0.3) is 0 Å². The van der Waals surface area contributed by atoms with Gasteiger partial charge < -0.3 is 14.5 Å². The lowest BCUT2D eigenvalue weighted by molar-refractivity contribution is 0.287. The monoisotopic (exact) mass is 571 g/mol. The van der Waals surface area contributed by atoms with E-state index >= 15 is 0 Å². The predicted octanol–water partition coefficient (Wildman–Crippen LogP) is 5.54. The summed E-state index contributed by atoms with van der Waals surface area (Å²) in [6.45, 7) is 5.87. The SMILES string of the molecule is Br.CCOc1cc2c(cc1OCC)C(C1CCc3nc(Cc4ccc(Cl)cc4)[nH]c(=O)c3C1)=NCC2. The summed E-state index contributed by atoms with van der Waals surface area (Å²) < 4.78 is 11.7. The molecular formula is C28H31BrClN3O3. The van der Waals surface area contributed by atoms with E-state index in [1.807, 2.05) is 38.1 Å². The van der Waals surface area contributed by atoms with E-state index in [1.54, 1.807) is 0 Å². The summed E-state index contributed by atoms with van der Waals surface area (Å²) in [5, 5.41) is 0.696. The summed E-state index contributed by atoms with van der Waals surface area (Å²) in [5.41, 5.74) is 6.15. The van der Waals surface area contributed by atoms with E-state index in [-0.39, 0.29) is 28.5 Å². The summed E-state index contributed by atoms with van der Waals surface area (Å²) in [6.07, 6.45) is 3.78. The molecule has 1 aliphatic carbocycles. The number of fused-ring (bicyclic) bond motifs is 2. The number of aromatic nitrogens is 2. The highest BCUT2D eigenvalue weighted by atomic mass is 79.9. The largest absolute Gasteiger partial charge is 0.490 e. The van der Waals surface area contributed by atoms with Crippen LogP contribution in [0.2, 0.25) is 5.02 Å². The number of aromatic amines is 1. The molecular weight excluding hydrogens is 542 g/mol. The molecule has 36 heavy (non-hydrogen) atoms. The van der Waals surface area contributed by atoms with Crippen LogP contribution < -0.4 is 15.0 Å². The maximum atomic E-state index is 13.1. The van der Waals surface area contributed by atoms with Gasteiger partial charge in [-0.15, -0.1) is 17.0 Å². The van der Waals surface area contributed by atoms with Crippen molar-refractivity contribution in [1.82, 2.24) is 9.97 Å². The topological polar surface area (TPSA) is 76.6 Å². The van der Waals surface area contributed by atoms with Gasteiger partial charge in [0.25, 0.3) is 5.56 Å². The second kappa shape index (κ2) is 11.6. The van der Waals surface area contributed by atoms with Gasteiger partial charge in [-0.25, -0.2) is 4.98 Å². The quantitative estimate of drug-likeness (QED) is 0.403. The molecule has 3 aromatic rings. The molecule has 2 heterocycles. The normalized spacial score (nSPS) is 16.3. The van der Waals surface area contributed by atoms with E-state index in [0.717, 1.165) is 65.4 Å². The first kappa shape index (κ1) is 26.4. The molecule has 2 aromatic carbocycles. The van der Waals surface area contributed by atoms with Crippen LogP contribution in [0.3, 0.4) is 0 Å². The predicted molar refractivity (Wildman–Crippen MR) is 149 cm³/mol. The van der Waals surface area contributed by atoms with Crippen LogP contribution in [-0.2, 0) is 25.7 Å². The number of aryl methyl sites for hydroxylation is 1. The van der Waals surface area contributed by atoms with Gasteiger partial charge >= 0.3 is 0 Å². The first-order chi connectivity index (χ1) is 17.1. The minimum absolute atomic E-state index is 0. The maximum absolute atomic E-state index is 13.1. The zero-order valence-corrected chi connectivity index (χ0v) is 23.1. The Hall–Kier alpha value is -2.64. The summed E-state index contributed by atoms with van der Waals surface area (Å²) >= 11 is 5.99. The average Bonchev–Trinajstić information content (AvgIpc) is 2.86. The van der Waals surface area contributed by atoms with Gasteiger partial charge in [0.2, 0.25) is 0 Å². The fourth-order valence-corrected chi connectivity index (χ4v) is 5.23.